The van der Waals surface area contributed by atoms with Gasteiger partial charge >= 0.3 is 5.97 Å². The summed E-state index contributed by atoms with van der Waals surface area (Å²) in [7, 11) is 0. The third kappa shape index (κ3) is 2.91. The molecule has 5 nitrogen and oxygen atoms in total. The number of aliphatic carboxylic acids is 1. The van der Waals surface area contributed by atoms with Crippen molar-refractivity contribution in [2.24, 2.45) is 5.92 Å². The van der Waals surface area contributed by atoms with Crippen LogP contribution in [-0.2, 0) is 4.79 Å². The van der Waals surface area contributed by atoms with E-state index in [-0.39, 0.29) is 24.2 Å². The largest absolute Gasteiger partial charge is 0.481 e. The van der Waals surface area contributed by atoms with Gasteiger partial charge < -0.3 is 15.0 Å². The van der Waals surface area contributed by atoms with Crippen LogP contribution in [0.1, 0.15) is 30.3 Å². The number of carboxylic acids is 1. The molecular formula is C16H16Cl2N2O3. The number of carbonyl (C=O) groups excluding carboxylic acids is 1. The summed E-state index contributed by atoms with van der Waals surface area (Å²) in [6.07, 6.45) is 1.24. The van der Waals surface area contributed by atoms with E-state index in [1.807, 2.05) is 6.92 Å². The Morgan fingerprint density at radius 3 is 2.74 bits per heavy atom. The van der Waals surface area contributed by atoms with Crippen molar-refractivity contribution in [2.75, 3.05) is 6.54 Å². The summed E-state index contributed by atoms with van der Waals surface area (Å²) in [5.41, 5.74) is 1.00. The molecule has 2 atom stereocenters. The van der Waals surface area contributed by atoms with E-state index in [4.69, 9.17) is 23.2 Å². The number of halogens is 2. The van der Waals surface area contributed by atoms with E-state index in [0.717, 1.165) is 5.52 Å². The van der Waals surface area contributed by atoms with Crippen LogP contribution in [0.4, 0.5) is 0 Å². The second kappa shape index (κ2) is 6.06. The average molecular weight is 355 g/mol. The summed E-state index contributed by atoms with van der Waals surface area (Å²) in [5, 5.41) is 10.7. The summed E-state index contributed by atoms with van der Waals surface area (Å²) >= 11 is 12.3. The number of amides is 1. The molecule has 0 aliphatic carbocycles. The van der Waals surface area contributed by atoms with E-state index in [1.54, 1.807) is 23.1 Å². The molecule has 0 spiro atoms. The van der Waals surface area contributed by atoms with Gasteiger partial charge in [-0.3, -0.25) is 9.59 Å². The lowest BCUT2D eigenvalue weighted by Gasteiger charge is -2.36. The normalized spacial score (nSPS) is 21.6. The first kappa shape index (κ1) is 16.1. The van der Waals surface area contributed by atoms with Crippen LogP contribution < -0.4 is 0 Å². The van der Waals surface area contributed by atoms with E-state index in [0.29, 0.717) is 28.3 Å². The molecule has 7 heteroatoms. The highest BCUT2D eigenvalue weighted by Crippen LogP contribution is 2.32. The van der Waals surface area contributed by atoms with Crippen LogP contribution >= 0.6 is 23.2 Å². The van der Waals surface area contributed by atoms with Crippen molar-refractivity contribution in [2.45, 2.75) is 25.8 Å². The van der Waals surface area contributed by atoms with Gasteiger partial charge in [-0.2, -0.15) is 0 Å². The number of nitrogens with one attached hydrogen (secondary N) is 1. The second-order valence-corrected chi connectivity index (χ2v) is 6.74. The molecule has 3 rings (SSSR count). The number of H-pyrrole nitrogens is 1. The van der Waals surface area contributed by atoms with Gasteiger partial charge in [0, 0.05) is 28.5 Å². The van der Waals surface area contributed by atoms with Crippen LogP contribution in [0.2, 0.25) is 10.0 Å². The molecule has 1 aromatic heterocycles. The molecule has 0 saturated carbocycles. The van der Waals surface area contributed by atoms with Gasteiger partial charge in [-0.25, -0.2) is 0 Å². The SMILES string of the molecule is CC1CCC(C(=O)O)CN1C(=O)c1[nH]c2ccc(Cl)cc2c1Cl. The maximum atomic E-state index is 12.8. The Kier molecular flexibility index (Phi) is 4.25. The van der Waals surface area contributed by atoms with Crippen LogP contribution in [-0.4, -0.2) is 39.5 Å². The van der Waals surface area contributed by atoms with Crippen molar-refractivity contribution in [3.8, 4) is 0 Å². The Labute approximate surface area is 143 Å². The fraction of sp³-hybridized carbons (Fsp3) is 0.375. The van der Waals surface area contributed by atoms with Crippen LogP contribution in [0.5, 0.6) is 0 Å². The summed E-state index contributed by atoms with van der Waals surface area (Å²) in [5.74, 6) is -1.68. The third-order valence-corrected chi connectivity index (χ3v) is 5.03. The summed E-state index contributed by atoms with van der Waals surface area (Å²) in [4.78, 5) is 28.7. The first-order chi connectivity index (χ1) is 10.9. The Balaban J connectivity index is 1.96. The van der Waals surface area contributed by atoms with Crippen LogP contribution in [0.3, 0.4) is 0 Å². The van der Waals surface area contributed by atoms with E-state index >= 15 is 0 Å². The van der Waals surface area contributed by atoms with Gasteiger partial charge in [0.05, 0.1) is 10.9 Å². The lowest BCUT2D eigenvalue weighted by atomic mass is 9.93. The highest BCUT2D eigenvalue weighted by Gasteiger charge is 2.34. The molecule has 2 aromatic rings. The number of carbonyl (C=O) groups is 2. The molecule has 1 aliphatic heterocycles. The van der Waals surface area contributed by atoms with Crippen molar-refractivity contribution in [1.29, 1.82) is 0 Å². The topological polar surface area (TPSA) is 73.4 Å². The number of rotatable bonds is 2. The number of fused-ring (bicyclic) bond motifs is 1. The Morgan fingerprint density at radius 1 is 1.30 bits per heavy atom. The smallest absolute Gasteiger partial charge is 0.308 e. The van der Waals surface area contributed by atoms with Crippen molar-refractivity contribution < 1.29 is 14.7 Å². The van der Waals surface area contributed by atoms with E-state index < -0.39 is 11.9 Å². The zero-order chi connectivity index (χ0) is 16.7. The van der Waals surface area contributed by atoms with Gasteiger partial charge in [-0.05, 0) is 38.0 Å². The monoisotopic (exact) mass is 354 g/mol. The molecule has 1 saturated heterocycles. The lowest BCUT2D eigenvalue weighted by Crippen LogP contribution is -2.47. The maximum Gasteiger partial charge on any atom is 0.308 e. The average Bonchev–Trinajstić information content (AvgIpc) is 2.83. The van der Waals surface area contributed by atoms with Crippen molar-refractivity contribution in [3.05, 3.63) is 33.9 Å². The molecule has 122 valence electrons. The Morgan fingerprint density at radius 2 is 2.04 bits per heavy atom. The minimum Gasteiger partial charge on any atom is -0.481 e. The molecule has 1 aromatic carbocycles. The number of aromatic amines is 1. The number of nitrogens with zero attached hydrogens (tertiary/aromatic N) is 1. The Bertz CT molecular complexity index is 787. The molecule has 0 bridgehead atoms. The quantitative estimate of drug-likeness (QED) is 0.861. The van der Waals surface area contributed by atoms with Crippen molar-refractivity contribution in [3.63, 3.8) is 0 Å². The number of aromatic nitrogens is 1. The molecule has 0 radical (unpaired) electrons. The lowest BCUT2D eigenvalue weighted by molar-refractivity contribution is -0.143. The van der Waals surface area contributed by atoms with E-state index in [2.05, 4.69) is 4.98 Å². The fourth-order valence-corrected chi connectivity index (χ4v) is 3.47. The number of hydrogen-bond acceptors (Lipinski definition) is 2. The summed E-state index contributed by atoms with van der Waals surface area (Å²) in [6, 6.07) is 5.16. The van der Waals surface area contributed by atoms with Crippen molar-refractivity contribution >= 4 is 46.0 Å². The van der Waals surface area contributed by atoms with Gasteiger partial charge in [0.25, 0.3) is 5.91 Å². The minimum atomic E-state index is -0.871. The van der Waals surface area contributed by atoms with Crippen molar-refractivity contribution in [1.82, 2.24) is 9.88 Å². The highest BCUT2D eigenvalue weighted by atomic mass is 35.5. The van der Waals surface area contributed by atoms with E-state index in [9.17, 15) is 14.7 Å². The number of hydrogen-bond donors (Lipinski definition) is 2. The predicted molar refractivity (Wildman–Crippen MR) is 89.2 cm³/mol. The van der Waals surface area contributed by atoms with E-state index in [1.165, 1.54) is 0 Å². The Hall–Kier alpha value is -1.72. The summed E-state index contributed by atoms with van der Waals surface area (Å²) < 4.78 is 0. The first-order valence-corrected chi connectivity index (χ1v) is 8.14. The highest BCUT2D eigenvalue weighted by molar-refractivity contribution is 6.39. The molecule has 23 heavy (non-hydrogen) atoms. The van der Waals surface area contributed by atoms with Crippen LogP contribution in [0, 0.1) is 5.92 Å². The second-order valence-electron chi connectivity index (χ2n) is 5.92. The molecule has 1 fully saturated rings. The van der Waals surface area contributed by atoms with Gasteiger partial charge in [0.2, 0.25) is 0 Å². The molecule has 1 amide bonds. The van der Waals surface area contributed by atoms with Crippen LogP contribution in [0.25, 0.3) is 10.9 Å². The van der Waals surface area contributed by atoms with Gasteiger partial charge in [-0.15, -0.1) is 0 Å². The predicted octanol–water partition coefficient (Wildman–Crippen LogP) is 3.80. The zero-order valence-corrected chi connectivity index (χ0v) is 14.0. The third-order valence-electron chi connectivity index (χ3n) is 4.40. The molecule has 2 heterocycles. The standard InChI is InChI=1S/C16H16Cl2N2O3/c1-8-2-3-9(16(22)23)7-20(8)15(21)14-13(18)11-6-10(17)4-5-12(11)19-14/h4-6,8-9,19H,2-3,7H2,1H3,(H,22,23). The maximum absolute atomic E-state index is 12.8. The first-order valence-electron chi connectivity index (χ1n) is 7.39. The number of carboxylic acid groups (broad SMARTS) is 1. The van der Waals surface area contributed by atoms with Crippen LogP contribution in [0.15, 0.2) is 18.2 Å². The number of benzene rings is 1. The summed E-state index contributed by atoms with van der Waals surface area (Å²) in [6.45, 7) is 2.12. The molecular weight excluding hydrogens is 339 g/mol. The fourth-order valence-electron chi connectivity index (χ4n) is 3.01. The number of likely N-dealkylation sites (tertiary alicyclic amines) is 1. The van der Waals surface area contributed by atoms with Gasteiger partial charge in [-0.1, -0.05) is 23.2 Å². The molecule has 2 unspecified atom stereocenters. The molecule has 2 N–H and O–H groups in total. The minimum absolute atomic E-state index is 0.0239. The van der Waals surface area contributed by atoms with Gasteiger partial charge in [0.1, 0.15) is 5.69 Å². The number of piperidine rings is 1. The molecule has 1 aliphatic rings. The zero-order valence-electron chi connectivity index (χ0n) is 12.5. The van der Waals surface area contributed by atoms with Gasteiger partial charge in [0.15, 0.2) is 0 Å².